The Morgan fingerprint density at radius 2 is 2.25 bits per heavy atom. The molecule has 2 bridgehead atoms. The van der Waals surface area contributed by atoms with Crippen LogP contribution in [0.5, 0.6) is 0 Å². The molecule has 1 saturated heterocycles. The average molecular weight is 275 g/mol. The molecule has 0 radical (unpaired) electrons. The summed E-state index contributed by atoms with van der Waals surface area (Å²) in [6.07, 6.45) is 6.92. The molecule has 2 saturated carbocycles. The molecule has 1 aliphatic heterocycles. The van der Waals surface area contributed by atoms with Crippen LogP contribution in [0.4, 0.5) is 0 Å². The predicted octanol–water partition coefficient (Wildman–Crippen LogP) is 2.47. The zero-order valence-electron chi connectivity index (χ0n) is 12.4. The Labute approximate surface area is 121 Å². The maximum atomic E-state index is 5.42. The first kappa shape index (κ1) is 12.8. The summed E-state index contributed by atoms with van der Waals surface area (Å²) in [4.78, 5) is 5.07. The van der Waals surface area contributed by atoms with Crippen LogP contribution in [0.3, 0.4) is 0 Å². The highest BCUT2D eigenvalue weighted by Crippen LogP contribution is 2.40. The van der Waals surface area contributed by atoms with Gasteiger partial charge in [-0.15, -0.1) is 0 Å². The van der Waals surface area contributed by atoms with Crippen LogP contribution in [-0.2, 0) is 6.54 Å². The highest BCUT2D eigenvalue weighted by atomic mass is 16.5. The number of rotatable bonds is 6. The van der Waals surface area contributed by atoms with Gasteiger partial charge in [-0.3, -0.25) is 9.80 Å². The molecule has 0 amide bonds. The Hall–Kier alpha value is -0.870. The van der Waals surface area contributed by atoms with Crippen LogP contribution in [0.1, 0.15) is 49.5 Å². The second-order valence-electron chi connectivity index (χ2n) is 7.06. The summed E-state index contributed by atoms with van der Waals surface area (Å²) in [5.74, 6) is 2.77. The highest BCUT2D eigenvalue weighted by molar-refractivity contribution is 5.14. The zero-order chi connectivity index (χ0) is 13.5. The van der Waals surface area contributed by atoms with Crippen molar-refractivity contribution >= 4 is 0 Å². The van der Waals surface area contributed by atoms with Crippen molar-refractivity contribution in [1.29, 1.82) is 0 Å². The second kappa shape index (κ2) is 5.15. The van der Waals surface area contributed by atoms with Gasteiger partial charge in [-0.1, -0.05) is 5.16 Å². The number of hydrogen-bond acceptors (Lipinski definition) is 4. The first-order valence-electron chi connectivity index (χ1n) is 8.16. The second-order valence-corrected chi connectivity index (χ2v) is 7.06. The van der Waals surface area contributed by atoms with Crippen molar-refractivity contribution in [3.05, 3.63) is 17.5 Å². The van der Waals surface area contributed by atoms with E-state index in [0.717, 1.165) is 36.5 Å². The van der Waals surface area contributed by atoms with Crippen molar-refractivity contribution < 1.29 is 4.52 Å². The Morgan fingerprint density at radius 1 is 1.35 bits per heavy atom. The van der Waals surface area contributed by atoms with Crippen molar-refractivity contribution in [2.24, 2.45) is 5.92 Å². The van der Waals surface area contributed by atoms with Gasteiger partial charge >= 0.3 is 0 Å². The topological polar surface area (TPSA) is 32.5 Å². The van der Waals surface area contributed by atoms with Gasteiger partial charge in [-0.25, -0.2) is 0 Å². The van der Waals surface area contributed by atoms with E-state index in [4.69, 9.17) is 4.52 Å². The van der Waals surface area contributed by atoms with Crippen LogP contribution in [0.25, 0.3) is 0 Å². The standard InChI is InChI=1S/C16H25N3O/c1-18(6-7-19-10-12-2-5-15(19)8-12)11-14-9-16(20-17-14)13-3-4-13/h9,12-13,15H,2-8,10-11H2,1H3/t12-,15+/m1/s1. The lowest BCUT2D eigenvalue weighted by molar-refractivity contribution is 0.180. The van der Waals surface area contributed by atoms with Crippen molar-refractivity contribution in [1.82, 2.24) is 15.0 Å². The summed E-state index contributed by atoms with van der Waals surface area (Å²) in [5, 5.41) is 4.21. The summed E-state index contributed by atoms with van der Waals surface area (Å²) in [7, 11) is 2.19. The van der Waals surface area contributed by atoms with Crippen LogP contribution in [0.2, 0.25) is 0 Å². The first-order valence-corrected chi connectivity index (χ1v) is 8.16. The lowest BCUT2D eigenvalue weighted by Crippen LogP contribution is -2.38. The van der Waals surface area contributed by atoms with Crippen LogP contribution >= 0.6 is 0 Å². The third-order valence-electron chi connectivity index (χ3n) is 5.28. The SMILES string of the molecule is CN(CCN1C[C@@H]2CC[C@H]1C2)Cc1cc(C2CC2)on1. The number of aromatic nitrogens is 1. The number of likely N-dealkylation sites (tertiary alicyclic amines) is 1. The van der Waals surface area contributed by atoms with Crippen molar-refractivity contribution in [2.45, 2.75) is 50.6 Å². The van der Waals surface area contributed by atoms with Gasteiger partial charge in [0.25, 0.3) is 0 Å². The van der Waals surface area contributed by atoms with E-state index < -0.39 is 0 Å². The first-order chi connectivity index (χ1) is 9.78. The molecule has 2 aliphatic carbocycles. The summed E-state index contributed by atoms with van der Waals surface area (Å²) in [6, 6.07) is 3.05. The van der Waals surface area contributed by atoms with Gasteiger partial charge in [0.05, 0.1) is 5.69 Å². The summed E-state index contributed by atoms with van der Waals surface area (Å²) in [5.41, 5.74) is 1.09. The zero-order valence-corrected chi connectivity index (χ0v) is 12.4. The molecule has 0 spiro atoms. The molecule has 2 heterocycles. The fourth-order valence-corrected chi connectivity index (χ4v) is 3.92. The van der Waals surface area contributed by atoms with Crippen LogP contribution in [0, 0.1) is 5.92 Å². The summed E-state index contributed by atoms with van der Waals surface area (Å²) >= 11 is 0. The fraction of sp³-hybridized carbons (Fsp3) is 0.812. The number of nitrogens with zero attached hydrogens (tertiary/aromatic N) is 3. The Balaban J connectivity index is 1.24. The minimum Gasteiger partial charge on any atom is -0.361 e. The van der Waals surface area contributed by atoms with E-state index in [1.54, 1.807) is 0 Å². The Morgan fingerprint density at radius 3 is 2.95 bits per heavy atom. The minimum absolute atomic E-state index is 0.668. The van der Waals surface area contributed by atoms with Gasteiger partial charge < -0.3 is 4.52 Å². The molecule has 110 valence electrons. The third-order valence-corrected chi connectivity index (χ3v) is 5.28. The average Bonchev–Trinajstić information content (AvgIpc) is 2.88. The molecule has 4 rings (SSSR count). The maximum absolute atomic E-state index is 5.42. The molecular weight excluding hydrogens is 250 g/mol. The van der Waals surface area contributed by atoms with Crippen LogP contribution in [-0.4, -0.2) is 47.7 Å². The van der Waals surface area contributed by atoms with Crippen molar-refractivity contribution in [2.75, 3.05) is 26.7 Å². The third kappa shape index (κ3) is 2.63. The molecule has 1 aromatic rings. The van der Waals surface area contributed by atoms with E-state index >= 15 is 0 Å². The lowest BCUT2D eigenvalue weighted by atomic mass is 10.1. The van der Waals surface area contributed by atoms with Crippen LogP contribution < -0.4 is 0 Å². The number of likely N-dealkylation sites (N-methyl/N-ethyl adjacent to an activating group) is 1. The number of hydrogen-bond donors (Lipinski definition) is 0. The van der Waals surface area contributed by atoms with Gasteiger partial charge in [0.2, 0.25) is 0 Å². The predicted molar refractivity (Wildman–Crippen MR) is 77.5 cm³/mol. The number of piperidine rings is 1. The van der Waals surface area contributed by atoms with Gasteiger partial charge in [0.15, 0.2) is 0 Å². The lowest BCUT2D eigenvalue weighted by Gasteiger charge is -2.28. The smallest absolute Gasteiger partial charge is 0.140 e. The molecule has 3 fully saturated rings. The molecular formula is C16H25N3O. The molecule has 0 aromatic carbocycles. The highest BCUT2D eigenvalue weighted by Gasteiger charge is 2.37. The molecule has 0 unspecified atom stereocenters. The molecule has 4 heteroatoms. The molecule has 3 aliphatic rings. The van der Waals surface area contributed by atoms with E-state index in [9.17, 15) is 0 Å². The van der Waals surface area contributed by atoms with E-state index in [1.807, 2.05) is 0 Å². The Bertz CT molecular complexity index is 468. The number of fused-ring (bicyclic) bond motifs is 2. The van der Waals surface area contributed by atoms with Crippen LogP contribution in [0.15, 0.2) is 10.6 Å². The minimum atomic E-state index is 0.668. The summed E-state index contributed by atoms with van der Waals surface area (Å²) in [6.45, 7) is 4.60. The molecule has 4 nitrogen and oxygen atoms in total. The molecule has 1 aromatic heterocycles. The van der Waals surface area contributed by atoms with Gasteiger partial charge in [0.1, 0.15) is 5.76 Å². The van der Waals surface area contributed by atoms with E-state index in [0.29, 0.717) is 5.92 Å². The summed E-state index contributed by atoms with van der Waals surface area (Å²) < 4.78 is 5.42. The van der Waals surface area contributed by atoms with E-state index in [1.165, 1.54) is 45.2 Å². The molecule has 2 atom stereocenters. The molecule has 0 N–H and O–H groups in total. The monoisotopic (exact) mass is 275 g/mol. The maximum Gasteiger partial charge on any atom is 0.140 e. The van der Waals surface area contributed by atoms with Crippen molar-refractivity contribution in [3.8, 4) is 0 Å². The van der Waals surface area contributed by atoms with E-state index in [2.05, 4.69) is 28.1 Å². The fourth-order valence-electron chi connectivity index (χ4n) is 3.92. The van der Waals surface area contributed by atoms with Gasteiger partial charge in [-0.2, -0.15) is 0 Å². The molecule has 20 heavy (non-hydrogen) atoms. The van der Waals surface area contributed by atoms with Gasteiger partial charge in [-0.05, 0) is 45.1 Å². The van der Waals surface area contributed by atoms with Crippen molar-refractivity contribution in [3.63, 3.8) is 0 Å². The largest absolute Gasteiger partial charge is 0.361 e. The van der Waals surface area contributed by atoms with E-state index in [-0.39, 0.29) is 0 Å². The normalized spacial score (nSPS) is 29.7. The Kier molecular flexibility index (Phi) is 3.31. The quantitative estimate of drug-likeness (QED) is 0.798. The van der Waals surface area contributed by atoms with Gasteiger partial charge in [0, 0.05) is 44.2 Å².